The summed E-state index contributed by atoms with van der Waals surface area (Å²) < 4.78 is 5.61. The van der Waals surface area contributed by atoms with Gasteiger partial charge in [0.1, 0.15) is 0 Å². The van der Waals surface area contributed by atoms with E-state index in [1.54, 1.807) is 6.20 Å². The molecular formula is C20H25N3O2. The number of hydrogen-bond donors (Lipinski definition) is 2. The summed E-state index contributed by atoms with van der Waals surface area (Å²) in [5, 5.41) is 5.97. The van der Waals surface area contributed by atoms with Crippen LogP contribution in [0.1, 0.15) is 38.3 Å². The molecule has 2 heterocycles. The zero-order chi connectivity index (χ0) is 17.6. The SMILES string of the molecule is C[C@H](NC(=O)N[C@H](C)[C@@H]1CCCO1)c1ccc(-c2cccnc2)cc1. The van der Waals surface area contributed by atoms with Gasteiger partial charge in [-0.2, -0.15) is 0 Å². The number of pyridine rings is 1. The average molecular weight is 339 g/mol. The Balaban J connectivity index is 1.55. The maximum absolute atomic E-state index is 12.2. The number of amides is 2. The van der Waals surface area contributed by atoms with Gasteiger partial charge in [0, 0.05) is 19.0 Å². The summed E-state index contributed by atoms with van der Waals surface area (Å²) in [5.74, 6) is 0. The van der Waals surface area contributed by atoms with E-state index in [2.05, 4.69) is 27.8 Å². The molecule has 0 saturated carbocycles. The normalized spacial score (nSPS) is 19.2. The van der Waals surface area contributed by atoms with Crippen molar-refractivity contribution in [2.24, 2.45) is 0 Å². The first kappa shape index (κ1) is 17.4. The number of carbonyl (C=O) groups is 1. The van der Waals surface area contributed by atoms with Gasteiger partial charge in [0.25, 0.3) is 0 Å². The molecule has 1 aliphatic heterocycles. The van der Waals surface area contributed by atoms with Crippen molar-refractivity contribution in [2.75, 3.05) is 6.61 Å². The maximum atomic E-state index is 12.2. The Morgan fingerprint density at radius 1 is 1.16 bits per heavy atom. The Bertz CT molecular complexity index is 682. The fourth-order valence-corrected chi connectivity index (χ4v) is 3.12. The minimum absolute atomic E-state index is 0.0163. The van der Waals surface area contributed by atoms with E-state index in [1.807, 2.05) is 44.3 Å². The van der Waals surface area contributed by atoms with Gasteiger partial charge in [0.05, 0.1) is 18.2 Å². The summed E-state index contributed by atoms with van der Waals surface area (Å²) in [4.78, 5) is 16.3. The number of rotatable bonds is 5. The van der Waals surface area contributed by atoms with Crippen LogP contribution in [-0.4, -0.2) is 29.8 Å². The summed E-state index contributed by atoms with van der Waals surface area (Å²) in [6.07, 6.45) is 5.81. The third kappa shape index (κ3) is 4.57. The van der Waals surface area contributed by atoms with Crippen LogP contribution in [0.15, 0.2) is 48.8 Å². The van der Waals surface area contributed by atoms with Crippen molar-refractivity contribution >= 4 is 6.03 Å². The highest BCUT2D eigenvalue weighted by Crippen LogP contribution is 2.21. The van der Waals surface area contributed by atoms with Gasteiger partial charge < -0.3 is 15.4 Å². The van der Waals surface area contributed by atoms with Gasteiger partial charge in [0.2, 0.25) is 0 Å². The Kier molecular flexibility index (Phi) is 5.66. The monoisotopic (exact) mass is 339 g/mol. The first-order valence-electron chi connectivity index (χ1n) is 8.82. The second-order valence-corrected chi connectivity index (χ2v) is 6.54. The van der Waals surface area contributed by atoms with E-state index < -0.39 is 0 Å². The zero-order valence-corrected chi connectivity index (χ0v) is 14.7. The molecule has 1 aliphatic rings. The van der Waals surface area contributed by atoms with Crippen LogP contribution < -0.4 is 10.6 Å². The van der Waals surface area contributed by atoms with E-state index in [0.29, 0.717) is 0 Å². The molecule has 1 aromatic carbocycles. The molecule has 25 heavy (non-hydrogen) atoms. The molecule has 0 spiro atoms. The lowest BCUT2D eigenvalue weighted by Gasteiger charge is -2.22. The maximum Gasteiger partial charge on any atom is 0.315 e. The highest BCUT2D eigenvalue weighted by molar-refractivity contribution is 5.74. The van der Waals surface area contributed by atoms with Gasteiger partial charge in [-0.3, -0.25) is 4.98 Å². The number of aromatic nitrogens is 1. The minimum Gasteiger partial charge on any atom is -0.376 e. The largest absolute Gasteiger partial charge is 0.376 e. The van der Waals surface area contributed by atoms with Crippen LogP contribution in [0.4, 0.5) is 4.79 Å². The molecule has 5 heteroatoms. The van der Waals surface area contributed by atoms with Gasteiger partial charge in [-0.25, -0.2) is 4.79 Å². The zero-order valence-electron chi connectivity index (χ0n) is 14.7. The third-order valence-corrected chi connectivity index (χ3v) is 4.63. The predicted octanol–water partition coefficient (Wildman–Crippen LogP) is 3.68. The molecular weight excluding hydrogens is 314 g/mol. The van der Waals surface area contributed by atoms with E-state index in [4.69, 9.17) is 4.74 Å². The molecule has 0 bridgehead atoms. The predicted molar refractivity (Wildman–Crippen MR) is 98.2 cm³/mol. The van der Waals surface area contributed by atoms with Crippen molar-refractivity contribution in [1.29, 1.82) is 0 Å². The highest BCUT2D eigenvalue weighted by Gasteiger charge is 2.24. The molecule has 2 N–H and O–H groups in total. The molecule has 1 aromatic heterocycles. The first-order chi connectivity index (χ1) is 12.1. The van der Waals surface area contributed by atoms with Gasteiger partial charge in [-0.05, 0) is 49.4 Å². The van der Waals surface area contributed by atoms with Crippen LogP contribution in [0, 0.1) is 0 Å². The number of hydrogen-bond acceptors (Lipinski definition) is 3. The summed E-state index contributed by atoms with van der Waals surface area (Å²) >= 11 is 0. The van der Waals surface area contributed by atoms with Crippen LogP contribution in [0.3, 0.4) is 0 Å². The van der Waals surface area contributed by atoms with E-state index in [9.17, 15) is 4.79 Å². The molecule has 1 fully saturated rings. The summed E-state index contributed by atoms with van der Waals surface area (Å²) in [6.45, 7) is 4.76. The number of urea groups is 1. The molecule has 1 saturated heterocycles. The van der Waals surface area contributed by atoms with E-state index in [1.165, 1.54) is 0 Å². The Morgan fingerprint density at radius 3 is 2.60 bits per heavy atom. The Labute approximate surface area is 148 Å². The molecule has 5 nitrogen and oxygen atoms in total. The molecule has 0 radical (unpaired) electrons. The van der Waals surface area contributed by atoms with Crippen molar-refractivity contribution in [3.05, 3.63) is 54.4 Å². The highest BCUT2D eigenvalue weighted by atomic mass is 16.5. The lowest BCUT2D eigenvalue weighted by atomic mass is 10.0. The quantitative estimate of drug-likeness (QED) is 0.873. The molecule has 2 amide bonds. The summed E-state index contributed by atoms with van der Waals surface area (Å²) in [6, 6.07) is 11.9. The smallest absolute Gasteiger partial charge is 0.315 e. The average Bonchev–Trinajstić information content (AvgIpc) is 3.17. The number of nitrogens with one attached hydrogen (secondary N) is 2. The van der Waals surface area contributed by atoms with Gasteiger partial charge in [-0.1, -0.05) is 30.3 Å². The van der Waals surface area contributed by atoms with Crippen molar-refractivity contribution < 1.29 is 9.53 Å². The third-order valence-electron chi connectivity index (χ3n) is 4.63. The van der Waals surface area contributed by atoms with Crippen LogP contribution in [-0.2, 0) is 4.74 Å². The fraction of sp³-hybridized carbons (Fsp3) is 0.400. The van der Waals surface area contributed by atoms with Crippen LogP contribution in [0.5, 0.6) is 0 Å². The fourth-order valence-electron chi connectivity index (χ4n) is 3.12. The van der Waals surface area contributed by atoms with Gasteiger partial charge in [0.15, 0.2) is 0 Å². The summed E-state index contributed by atoms with van der Waals surface area (Å²) in [5.41, 5.74) is 3.26. The second kappa shape index (κ2) is 8.12. The van der Waals surface area contributed by atoms with Crippen LogP contribution >= 0.6 is 0 Å². The Hall–Kier alpha value is -2.40. The van der Waals surface area contributed by atoms with E-state index in [-0.39, 0.29) is 24.2 Å². The number of ether oxygens (including phenoxy) is 1. The van der Waals surface area contributed by atoms with E-state index >= 15 is 0 Å². The molecule has 0 unspecified atom stereocenters. The minimum atomic E-state index is -0.160. The molecule has 0 aliphatic carbocycles. The lowest BCUT2D eigenvalue weighted by Crippen LogP contribution is -2.46. The molecule has 3 rings (SSSR count). The van der Waals surface area contributed by atoms with Crippen LogP contribution in [0.25, 0.3) is 11.1 Å². The number of benzene rings is 1. The van der Waals surface area contributed by atoms with Gasteiger partial charge in [-0.15, -0.1) is 0 Å². The van der Waals surface area contributed by atoms with Crippen LogP contribution in [0.2, 0.25) is 0 Å². The van der Waals surface area contributed by atoms with Crippen molar-refractivity contribution in [3.8, 4) is 11.1 Å². The topological polar surface area (TPSA) is 63.2 Å². The van der Waals surface area contributed by atoms with Crippen molar-refractivity contribution in [2.45, 2.75) is 44.9 Å². The van der Waals surface area contributed by atoms with Crippen molar-refractivity contribution in [1.82, 2.24) is 15.6 Å². The Morgan fingerprint density at radius 2 is 1.96 bits per heavy atom. The molecule has 132 valence electrons. The second-order valence-electron chi connectivity index (χ2n) is 6.54. The summed E-state index contributed by atoms with van der Waals surface area (Å²) in [7, 11) is 0. The number of nitrogens with zero attached hydrogens (tertiary/aromatic N) is 1. The first-order valence-corrected chi connectivity index (χ1v) is 8.82. The molecule has 2 aromatic rings. The molecule has 3 atom stereocenters. The van der Waals surface area contributed by atoms with Crippen molar-refractivity contribution in [3.63, 3.8) is 0 Å². The standard InChI is InChI=1S/C20H25N3O2/c1-14(22-20(24)23-15(2)19-6-4-12-25-19)16-7-9-17(10-8-16)18-5-3-11-21-13-18/h3,5,7-11,13-15,19H,4,6,12H2,1-2H3,(H2,22,23,24)/t14-,15+,19-/m0/s1. The van der Waals surface area contributed by atoms with E-state index in [0.717, 1.165) is 36.1 Å². The number of carbonyl (C=O) groups excluding carboxylic acids is 1. The lowest BCUT2D eigenvalue weighted by molar-refractivity contribution is 0.0859. The van der Waals surface area contributed by atoms with Gasteiger partial charge >= 0.3 is 6.03 Å².